The topological polar surface area (TPSA) is 66.9 Å². The lowest BCUT2D eigenvalue weighted by Gasteiger charge is -2.35. The Morgan fingerprint density at radius 3 is 2.03 bits per heavy atom. The van der Waals surface area contributed by atoms with Crippen LogP contribution in [0.25, 0.3) is 0 Å². The number of amides is 2. The van der Waals surface area contributed by atoms with Gasteiger partial charge in [0.2, 0.25) is 0 Å². The van der Waals surface area contributed by atoms with Gasteiger partial charge in [0.15, 0.2) is 5.82 Å². The molecule has 2 aromatic carbocycles. The second-order valence-electron chi connectivity index (χ2n) is 7.98. The number of rotatable bonds is 6. The van der Waals surface area contributed by atoms with Gasteiger partial charge in [-0.15, -0.1) is 0 Å². The van der Waals surface area contributed by atoms with Crippen LogP contribution in [0.5, 0.6) is 0 Å². The van der Waals surface area contributed by atoms with Crippen molar-refractivity contribution in [2.24, 2.45) is 0 Å². The van der Waals surface area contributed by atoms with E-state index in [1.807, 2.05) is 5.32 Å². The van der Waals surface area contributed by atoms with Crippen molar-refractivity contribution in [3.63, 3.8) is 0 Å². The molecular weight excluding hydrogens is 538 g/mol. The van der Waals surface area contributed by atoms with E-state index in [1.165, 1.54) is 35.6 Å². The third kappa shape index (κ3) is 7.10. The number of aromatic nitrogens is 2. The van der Waals surface area contributed by atoms with Gasteiger partial charge < -0.3 is 10.6 Å². The minimum atomic E-state index is -5.14. The monoisotopic (exact) mass is 554 g/mol. The first-order chi connectivity index (χ1) is 17.5. The van der Waals surface area contributed by atoms with E-state index in [-0.39, 0.29) is 11.6 Å². The summed E-state index contributed by atoms with van der Waals surface area (Å²) in [5.74, 6) is -2.44. The fraction of sp³-hybridized carbons (Fsp3) is 0.261. The third-order valence-corrected chi connectivity index (χ3v) is 5.13. The maximum absolute atomic E-state index is 14.5. The molecule has 204 valence electrons. The molecule has 0 aliphatic carbocycles. The van der Waals surface area contributed by atoms with Crippen molar-refractivity contribution < 1.29 is 48.7 Å². The second kappa shape index (κ2) is 10.5. The maximum Gasteiger partial charge on any atom is 0.433 e. The summed E-state index contributed by atoms with van der Waals surface area (Å²) in [6.07, 6.45) is -15.2. The fourth-order valence-corrected chi connectivity index (χ4v) is 3.52. The van der Waals surface area contributed by atoms with Crippen LogP contribution in [0.4, 0.5) is 48.7 Å². The Kier molecular flexibility index (Phi) is 7.88. The molecule has 3 rings (SSSR count). The Labute approximate surface area is 207 Å². The molecule has 1 atom stereocenters. The third-order valence-electron chi connectivity index (χ3n) is 5.13. The molecule has 0 spiro atoms. The quantitative estimate of drug-likeness (QED) is 0.368. The number of nitrogens with one attached hydrogen (secondary N) is 2. The lowest BCUT2D eigenvalue weighted by Crippen LogP contribution is -2.54. The van der Waals surface area contributed by atoms with Crippen LogP contribution < -0.4 is 10.6 Å². The van der Waals surface area contributed by atoms with E-state index in [9.17, 15) is 48.7 Å². The molecule has 15 heteroatoms. The van der Waals surface area contributed by atoms with Gasteiger partial charge >= 0.3 is 24.6 Å². The molecule has 2 amide bonds. The molecule has 0 bridgehead atoms. The van der Waals surface area contributed by atoms with Crippen LogP contribution in [0.1, 0.15) is 28.2 Å². The van der Waals surface area contributed by atoms with E-state index in [0.717, 1.165) is 0 Å². The standard InChI is InChI=1S/C23H16F10N4O/c24-16-9-14(8-15(10-16)22(28,29)30)20(11-13-4-2-1-3-5-13,37-19(38)35-12-21(25,26)27)18-34-7-6-17(36-18)23(31,32)33/h1-10H,11-12H2,(H2,35,37,38)/t20-/m0/s1. The second-order valence-corrected chi connectivity index (χ2v) is 7.98. The van der Waals surface area contributed by atoms with Crippen LogP contribution in [0.3, 0.4) is 0 Å². The van der Waals surface area contributed by atoms with Gasteiger partial charge in [0.05, 0.1) is 5.56 Å². The number of urea groups is 1. The zero-order valence-electron chi connectivity index (χ0n) is 18.8. The van der Waals surface area contributed by atoms with E-state index in [0.29, 0.717) is 24.4 Å². The summed E-state index contributed by atoms with van der Waals surface area (Å²) in [7, 11) is 0. The molecule has 1 heterocycles. The molecule has 38 heavy (non-hydrogen) atoms. The minimum absolute atomic E-state index is 0.105. The van der Waals surface area contributed by atoms with Crippen LogP contribution >= 0.6 is 0 Å². The first kappa shape index (κ1) is 28.7. The van der Waals surface area contributed by atoms with E-state index < -0.39 is 71.5 Å². The first-order valence-electron chi connectivity index (χ1n) is 10.5. The van der Waals surface area contributed by atoms with Crippen molar-refractivity contribution in [3.8, 4) is 0 Å². The Morgan fingerprint density at radius 1 is 0.816 bits per heavy atom. The number of alkyl halides is 9. The largest absolute Gasteiger partial charge is 0.433 e. The Hall–Kier alpha value is -3.91. The van der Waals surface area contributed by atoms with Gasteiger partial charge in [-0.1, -0.05) is 30.3 Å². The Balaban J connectivity index is 2.32. The highest BCUT2D eigenvalue weighted by atomic mass is 19.4. The SMILES string of the molecule is O=C(NCC(F)(F)F)N[C@@](Cc1ccccc1)(c1cc(F)cc(C(F)(F)F)c1)c1nccc(C(F)(F)F)n1. The zero-order chi connectivity index (χ0) is 28.4. The van der Waals surface area contributed by atoms with E-state index in [1.54, 1.807) is 0 Å². The van der Waals surface area contributed by atoms with Crippen LogP contribution in [0.2, 0.25) is 0 Å². The number of benzene rings is 2. The van der Waals surface area contributed by atoms with Crippen molar-refractivity contribution in [3.05, 3.63) is 94.8 Å². The minimum Gasteiger partial charge on any atom is -0.329 e. The summed E-state index contributed by atoms with van der Waals surface area (Å²) < 4.78 is 134. The molecule has 0 saturated carbocycles. The van der Waals surface area contributed by atoms with Gasteiger partial charge in [0, 0.05) is 12.6 Å². The summed E-state index contributed by atoms with van der Waals surface area (Å²) in [6, 6.07) is 6.92. The summed E-state index contributed by atoms with van der Waals surface area (Å²) in [5.41, 5.74) is -6.32. The molecule has 0 unspecified atom stereocenters. The molecule has 0 saturated heterocycles. The highest BCUT2D eigenvalue weighted by Gasteiger charge is 2.44. The smallest absolute Gasteiger partial charge is 0.329 e. The highest BCUT2D eigenvalue weighted by Crippen LogP contribution is 2.38. The number of carbonyl (C=O) groups is 1. The number of hydrogen-bond donors (Lipinski definition) is 2. The van der Waals surface area contributed by atoms with E-state index in [4.69, 9.17) is 0 Å². The molecule has 3 aromatic rings. The molecule has 0 aliphatic heterocycles. The summed E-state index contributed by atoms with van der Waals surface area (Å²) in [4.78, 5) is 19.6. The van der Waals surface area contributed by atoms with Crippen LogP contribution in [-0.2, 0) is 24.3 Å². The molecule has 5 nitrogen and oxygen atoms in total. The van der Waals surface area contributed by atoms with Gasteiger partial charge in [0.25, 0.3) is 0 Å². The summed E-state index contributed by atoms with van der Waals surface area (Å²) >= 11 is 0. The van der Waals surface area contributed by atoms with Crippen LogP contribution in [-0.4, -0.2) is 28.7 Å². The molecule has 0 aliphatic rings. The van der Waals surface area contributed by atoms with Crippen molar-refractivity contribution in [2.45, 2.75) is 30.5 Å². The number of hydrogen-bond acceptors (Lipinski definition) is 3. The van der Waals surface area contributed by atoms with Gasteiger partial charge in [-0.05, 0) is 35.4 Å². The predicted molar refractivity (Wildman–Crippen MR) is 112 cm³/mol. The van der Waals surface area contributed by atoms with Crippen molar-refractivity contribution in [2.75, 3.05) is 6.54 Å². The fourth-order valence-electron chi connectivity index (χ4n) is 3.52. The predicted octanol–water partition coefficient (Wildman–Crippen LogP) is 6.00. The first-order valence-corrected chi connectivity index (χ1v) is 10.5. The van der Waals surface area contributed by atoms with Gasteiger partial charge in [-0.25, -0.2) is 19.2 Å². The van der Waals surface area contributed by atoms with Crippen LogP contribution in [0, 0.1) is 5.82 Å². The van der Waals surface area contributed by atoms with Crippen LogP contribution in [0.15, 0.2) is 60.8 Å². The average Bonchev–Trinajstić information content (AvgIpc) is 2.81. The van der Waals surface area contributed by atoms with E-state index >= 15 is 0 Å². The van der Waals surface area contributed by atoms with E-state index in [2.05, 4.69) is 9.97 Å². The molecule has 0 radical (unpaired) electrons. The number of carbonyl (C=O) groups excluding carboxylic acids is 1. The van der Waals surface area contributed by atoms with Crippen molar-refractivity contribution in [1.29, 1.82) is 0 Å². The molecule has 0 fully saturated rings. The number of nitrogens with zero attached hydrogens (tertiary/aromatic N) is 2. The Bertz CT molecular complexity index is 1280. The van der Waals surface area contributed by atoms with Gasteiger partial charge in [0.1, 0.15) is 23.6 Å². The summed E-state index contributed by atoms with van der Waals surface area (Å²) in [6.45, 7) is -1.89. The normalized spacial score (nSPS) is 14.1. The van der Waals surface area contributed by atoms with Gasteiger partial charge in [-0.3, -0.25) is 0 Å². The average molecular weight is 554 g/mol. The lowest BCUT2D eigenvalue weighted by atomic mass is 9.81. The highest BCUT2D eigenvalue weighted by molar-refractivity contribution is 5.76. The van der Waals surface area contributed by atoms with Gasteiger partial charge in [-0.2, -0.15) is 39.5 Å². The Morgan fingerprint density at radius 2 is 1.45 bits per heavy atom. The molecule has 2 N–H and O–H groups in total. The molecule has 1 aromatic heterocycles. The maximum atomic E-state index is 14.5. The zero-order valence-corrected chi connectivity index (χ0v) is 18.8. The molecular formula is C23H16F10N4O. The summed E-state index contributed by atoms with van der Waals surface area (Å²) in [5, 5.41) is 3.43. The lowest BCUT2D eigenvalue weighted by molar-refractivity contribution is -0.141. The number of halogens is 10. The van der Waals surface area contributed by atoms with Crippen molar-refractivity contribution in [1.82, 2.24) is 20.6 Å². The van der Waals surface area contributed by atoms with Crippen molar-refractivity contribution >= 4 is 6.03 Å².